The fourth-order valence-electron chi connectivity index (χ4n) is 2.41. The number of hydrogen-bond donors (Lipinski definition) is 1. The molecule has 0 saturated heterocycles. The van der Waals surface area contributed by atoms with Crippen molar-refractivity contribution in [2.45, 2.75) is 39.7 Å². The first-order chi connectivity index (χ1) is 10.1. The Bertz CT molecular complexity index is 422. The average molecular weight is 292 g/mol. The molecule has 1 aromatic rings. The fraction of sp³-hybridized carbons (Fsp3) is 0.588. The number of carbonyl (C=O) groups excluding carboxylic acids is 1. The summed E-state index contributed by atoms with van der Waals surface area (Å²) in [5.74, 6) is -0.170. The second kappa shape index (κ2) is 8.67. The number of para-hydroxylation sites is 1. The van der Waals surface area contributed by atoms with E-state index in [-0.39, 0.29) is 5.97 Å². The van der Waals surface area contributed by atoms with Crippen LogP contribution in [0.3, 0.4) is 0 Å². The van der Waals surface area contributed by atoms with Crippen molar-refractivity contribution in [3.8, 4) is 0 Å². The quantitative estimate of drug-likeness (QED) is 0.711. The molecule has 1 N–H and O–H groups in total. The minimum atomic E-state index is -0.632. The highest BCUT2D eigenvalue weighted by Crippen LogP contribution is 2.18. The van der Waals surface area contributed by atoms with Crippen molar-refractivity contribution in [3.63, 3.8) is 0 Å². The lowest BCUT2D eigenvalue weighted by Crippen LogP contribution is -2.52. The molecule has 0 spiro atoms. The summed E-state index contributed by atoms with van der Waals surface area (Å²) in [6, 6.07) is 10.3. The van der Waals surface area contributed by atoms with Gasteiger partial charge in [-0.05, 0) is 45.9 Å². The summed E-state index contributed by atoms with van der Waals surface area (Å²) in [7, 11) is 0. The van der Waals surface area contributed by atoms with Gasteiger partial charge in [0.25, 0.3) is 0 Å². The largest absolute Gasteiger partial charge is 0.465 e. The monoisotopic (exact) mass is 292 g/mol. The molecule has 0 fully saturated rings. The van der Waals surface area contributed by atoms with Crippen LogP contribution in [-0.4, -0.2) is 37.7 Å². The molecule has 0 heterocycles. The zero-order chi connectivity index (χ0) is 15.7. The molecule has 1 atom stereocenters. The van der Waals surface area contributed by atoms with Crippen LogP contribution in [0.1, 0.15) is 34.1 Å². The number of likely N-dealkylation sites (N-methyl/N-ethyl adjacent to an activating group) is 1. The Hall–Kier alpha value is -1.55. The SMILES string of the molecule is CCNC(C)(CCN(CC)c1ccccc1)C(=O)OCC. The van der Waals surface area contributed by atoms with E-state index >= 15 is 0 Å². The van der Waals surface area contributed by atoms with Crippen LogP contribution < -0.4 is 10.2 Å². The van der Waals surface area contributed by atoms with Gasteiger partial charge in [0.2, 0.25) is 0 Å². The number of nitrogens with one attached hydrogen (secondary N) is 1. The van der Waals surface area contributed by atoms with Crippen molar-refractivity contribution < 1.29 is 9.53 Å². The Balaban J connectivity index is 2.73. The molecule has 0 amide bonds. The van der Waals surface area contributed by atoms with Crippen LogP contribution in [0.15, 0.2) is 30.3 Å². The summed E-state index contributed by atoms with van der Waals surface area (Å²) >= 11 is 0. The topological polar surface area (TPSA) is 41.6 Å². The zero-order valence-corrected chi connectivity index (χ0v) is 13.7. The maximum atomic E-state index is 12.2. The molecule has 0 saturated carbocycles. The lowest BCUT2D eigenvalue weighted by atomic mass is 9.97. The number of rotatable bonds is 9. The molecule has 0 radical (unpaired) electrons. The maximum Gasteiger partial charge on any atom is 0.326 e. The van der Waals surface area contributed by atoms with E-state index in [1.807, 2.05) is 39.0 Å². The van der Waals surface area contributed by atoms with E-state index in [4.69, 9.17) is 4.74 Å². The molecular weight excluding hydrogens is 264 g/mol. The number of nitrogens with zero attached hydrogens (tertiary/aromatic N) is 1. The maximum absolute atomic E-state index is 12.2. The Kier molecular flexibility index (Phi) is 7.23. The third kappa shape index (κ3) is 5.05. The first kappa shape index (κ1) is 17.5. The van der Waals surface area contributed by atoms with Crippen molar-refractivity contribution in [3.05, 3.63) is 30.3 Å². The summed E-state index contributed by atoms with van der Waals surface area (Å²) in [4.78, 5) is 14.5. The van der Waals surface area contributed by atoms with Gasteiger partial charge < -0.3 is 15.0 Å². The molecule has 21 heavy (non-hydrogen) atoms. The van der Waals surface area contributed by atoms with Gasteiger partial charge in [-0.2, -0.15) is 0 Å². The van der Waals surface area contributed by atoms with Gasteiger partial charge in [0.15, 0.2) is 0 Å². The molecule has 4 heteroatoms. The van der Waals surface area contributed by atoms with Crippen LogP contribution in [0.5, 0.6) is 0 Å². The molecular formula is C17H28N2O2. The van der Waals surface area contributed by atoms with Gasteiger partial charge in [0.1, 0.15) is 5.54 Å². The smallest absolute Gasteiger partial charge is 0.326 e. The van der Waals surface area contributed by atoms with Gasteiger partial charge in [-0.25, -0.2) is 0 Å². The van der Waals surface area contributed by atoms with Crippen LogP contribution in [0.2, 0.25) is 0 Å². The molecule has 0 aliphatic carbocycles. The summed E-state index contributed by atoms with van der Waals surface area (Å²) in [6.07, 6.45) is 0.711. The van der Waals surface area contributed by atoms with Gasteiger partial charge in [-0.1, -0.05) is 25.1 Å². The van der Waals surface area contributed by atoms with E-state index in [1.165, 1.54) is 5.69 Å². The van der Waals surface area contributed by atoms with E-state index in [2.05, 4.69) is 29.3 Å². The highest BCUT2D eigenvalue weighted by Gasteiger charge is 2.33. The van der Waals surface area contributed by atoms with Gasteiger partial charge in [-0.15, -0.1) is 0 Å². The van der Waals surface area contributed by atoms with E-state index in [0.717, 1.165) is 19.6 Å². The number of benzene rings is 1. The summed E-state index contributed by atoms with van der Waals surface area (Å²) in [5.41, 5.74) is 0.551. The Morgan fingerprint density at radius 3 is 2.43 bits per heavy atom. The highest BCUT2D eigenvalue weighted by atomic mass is 16.5. The van der Waals surface area contributed by atoms with Crippen LogP contribution in [0.25, 0.3) is 0 Å². The van der Waals surface area contributed by atoms with E-state index in [0.29, 0.717) is 13.0 Å². The van der Waals surface area contributed by atoms with Gasteiger partial charge >= 0.3 is 5.97 Å². The average Bonchev–Trinajstić information content (AvgIpc) is 2.49. The minimum absolute atomic E-state index is 0.170. The lowest BCUT2D eigenvalue weighted by Gasteiger charge is -2.32. The Morgan fingerprint density at radius 2 is 1.90 bits per heavy atom. The van der Waals surface area contributed by atoms with E-state index in [9.17, 15) is 4.79 Å². The second-order valence-corrected chi connectivity index (χ2v) is 5.25. The number of carbonyl (C=O) groups is 1. The molecule has 1 unspecified atom stereocenters. The molecule has 1 aromatic carbocycles. The van der Waals surface area contributed by atoms with Gasteiger partial charge in [0, 0.05) is 18.8 Å². The highest BCUT2D eigenvalue weighted by molar-refractivity contribution is 5.80. The molecule has 118 valence electrons. The van der Waals surface area contributed by atoms with Crippen molar-refractivity contribution in [2.75, 3.05) is 31.1 Å². The third-order valence-corrected chi connectivity index (χ3v) is 3.68. The summed E-state index contributed by atoms with van der Waals surface area (Å²) in [5, 5.41) is 3.27. The Morgan fingerprint density at radius 1 is 1.24 bits per heavy atom. The fourth-order valence-corrected chi connectivity index (χ4v) is 2.41. The molecule has 4 nitrogen and oxygen atoms in total. The predicted molar refractivity (Wildman–Crippen MR) is 87.7 cm³/mol. The van der Waals surface area contributed by atoms with Crippen LogP contribution in [0, 0.1) is 0 Å². The Labute approximate surface area is 128 Å². The van der Waals surface area contributed by atoms with Crippen molar-refractivity contribution >= 4 is 11.7 Å². The van der Waals surface area contributed by atoms with Crippen molar-refractivity contribution in [1.82, 2.24) is 5.32 Å². The summed E-state index contributed by atoms with van der Waals surface area (Å²) < 4.78 is 5.21. The van der Waals surface area contributed by atoms with Crippen LogP contribution >= 0.6 is 0 Å². The number of esters is 1. The number of ether oxygens (including phenoxy) is 1. The second-order valence-electron chi connectivity index (χ2n) is 5.25. The van der Waals surface area contributed by atoms with Crippen molar-refractivity contribution in [1.29, 1.82) is 0 Å². The molecule has 0 aliphatic heterocycles. The third-order valence-electron chi connectivity index (χ3n) is 3.68. The van der Waals surface area contributed by atoms with Crippen LogP contribution in [0.4, 0.5) is 5.69 Å². The van der Waals surface area contributed by atoms with E-state index < -0.39 is 5.54 Å². The minimum Gasteiger partial charge on any atom is -0.465 e. The molecule has 0 aliphatic rings. The zero-order valence-electron chi connectivity index (χ0n) is 13.7. The van der Waals surface area contributed by atoms with Gasteiger partial charge in [-0.3, -0.25) is 4.79 Å². The summed E-state index contributed by atoms with van der Waals surface area (Å²) in [6.45, 7) is 10.8. The van der Waals surface area contributed by atoms with E-state index in [1.54, 1.807) is 0 Å². The molecule has 1 rings (SSSR count). The van der Waals surface area contributed by atoms with Gasteiger partial charge in [0.05, 0.1) is 6.61 Å². The predicted octanol–water partition coefficient (Wildman–Crippen LogP) is 2.83. The first-order valence-corrected chi connectivity index (χ1v) is 7.79. The number of anilines is 1. The van der Waals surface area contributed by atoms with Crippen molar-refractivity contribution in [2.24, 2.45) is 0 Å². The standard InChI is InChI=1S/C17H28N2O2/c1-5-18-17(4,16(20)21-7-3)13-14-19(6-2)15-11-9-8-10-12-15/h8-12,18H,5-7,13-14H2,1-4H3. The molecule has 0 aromatic heterocycles. The lowest BCUT2D eigenvalue weighted by molar-refractivity contribution is -0.150. The molecule has 0 bridgehead atoms. The first-order valence-electron chi connectivity index (χ1n) is 7.79. The number of hydrogen-bond acceptors (Lipinski definition) is 4. The van der Waals surface area contributed by atoms with Crippen LogP contribution in [-0.2, 0) is 9.53 Å². The normalized spacial score (nSPS) is 13.5.